The van der Waals surface area contributed by atoms with Crippen molar-refractivity contribution in [3.63, 3.8) is 0 Å². The summed E-state index contributed by atoms with van der Waals surface area (Å²) in [4.78, 5) is 0. The number of hydrogen-bond acceptors (Lipinski definition) is 3. The van der Waals surface area contributed by atoms with E-state index >= 15 is 0 Å². The lowest BCUT2D eigenvalue weighted by Crippen LogP contribution is -2.14. The van der Waals surface area contributed by atoms with Gasteiger partial charge in [-0.15, -0.1) is 0 Å². The molecule has 1 aliphatic carbocycles. The summed E-state index contributed by atoms with van der Waals surface area (Å²) < 4.78 is 7.49. The van der Waals surface area contributed by atoms with Crippen molar-refractivity contribution < 1.29 is 9.84 Å². The zero-order valence-electron chi connectivity index (χ0n) is 11.4. The van der Waals surface area contributed by atoms with Crippen LogP contribution in [0.15, 0.2) is 6.20 Å². The summed E-state index contributed by atoms with van der Waals surface area (Å²) in [6.07, 6.45) is 7.90. The van der Waals surface area contributed by atoms with Gasteiger partial charge in [-0.25, -0.2) is 0 Å². The molecule has 1 fully saturated rings. The highest BCUT2D eigenvalue weighted by atomic mass is 16.5. The minimum atomic E-state index is -0.174. The largest absolute Gasteiger partial charge is 0.493 e. The minimum absolute atomic E-state index is 0.174. The van der Waals surface area contributed by atoms with Gasteiger partial charge >= 0.3 is 0 Å². The molecule has 1 heterocycles. The minimum Gasteiger partial charge on any atom is -0.493 e. The number of methoxy groups -OCH3 is 1. The highest BCUT2D eigenvalue weighted by Gasteiger charge is 2.26. The van der Waals surface area contributed by atoms with Crippen LogP contribution in [-0.4, -0.2) is 28.1 Å². The summed E-state index contributed by atoms with van der Waals surface area (Å²) in [5.74, 6) is 1.26. The van der Waals surface area contributed by atoms with Crippen LogP contribution < -0.4 is 4.74 Å². The zero-order chi connectivity index (χ0) is 13.0. The van der Waals surface area contributed by atoms with E-state index in [0.29, 0.717) is 5.92 Å². The molecule has 1 aliphatic rings. The third-order valence-electron chi connectivity index (χ3n) is 3.78. The molecule has 0 radical (unpaired) electrons. The van der Waals surface area contributed by atoms with Crippen LogP contribution in [0.2, 0.25) is 0 Å². The van der Waals surface area contributed by atoms with Gasteiger partial charge in [-0.2, -0.15) is 5.10 Å². The third-order valence-corrected chi connectivity index (χ3v) is 3.78. The van der Waals surface area contributed by atoms with Crippen molar-refractivity contribution in [2.45, 2.75) is 64.0 Å². The van der Waals surface area contributed by atoms with E-state index < -0.39 is 0 Å². The molecule has 0 amide bonds. The van der Waals surface area contributed by atoms with Crippen molar-refractivity contribution >= 4 is 0 Å². The Labute approximate surface area is 109 Å². The first kappa shape index (κ1) is 13.4. The Morgan fingerprint density at radius 3 is 2.94 bits per heavy atom. The van der Waals surface area contributed by atoms with Crippen molar-refractivity contribution in [1.82, 2.24) is 9.78 Å². The quantitative estimate of drug-likeness (QED) is 0.838. The fraction of sp³-hybridized carbons (Fsp3) is 0.786. The summed E-state index contributed by atoms with van der Waals surface area (Å²) in [6, 6.07) is 0. The maximum Gasteiger partial charge on any atom is 0.160 e. The maximum absolute atomic E-state index is 9.97. The normalized spacial score (nSPS) is 24.8. The van der Waals surface area contributed by atoms with Gasteiger partial charge in [0.15, 0.2) is 5.75 Å². The van der Waals surface area contributed by atoms with Crippen LogP contribution in [0, 0.1) is 0 Å². The van der Waals surface area contributed by atoms with Crippen LogP contribution in [0.4, 0.5) is 0 Å². The van der Waals surface area contributed by atoms with Crippen molar-refractivity contribution in [1.29, 1.82) is 0 Å². The Bertz CT molecular complexity index is 376. The molecule has 0 spiro atoms. The number of ether oxygens (including phenoxy) is 1. The summed E-state index contributed by atoms with van der Waals surface area (Å²) in [5, 5.41) is 14.4. The predicted octanol–water partition coefficient (Wildman–Crippen LogP) is 2.71. The SMILES string of the molecule is CCCn1ncc(OC)c1C1CCCCC(O)C1. The van der Waals surface area contributed by atoms with E-state index in [2.05, 4.69) is 16.7 Å². The maximum atomic E-state index is 9.97. The number of rotatable bonds is 4. The average Bonchev–Trinajstić information content (AvgIpc) is 2.64. The lowest BCUT2D eigenvalue weighted by atomic mass is 9.95. The van der Waals surface area contributed by atoms with Gasteiger partial charge in [0.1, 0.15) is 0 Å². The molecule has 1 N–H and O–H groups in total. The summed E-state index contributed by atoms with van der Waals surface area (Å²) >= 11 is 0. The Morgan fingerprint density at radius 2 is 2.22 bits per heavy atom. The van der Waals surface area contributed by atoms with Gasteiger partial charge < -0.3 is 9.84 Å². The number of aliphatic hydroxyl groups is 1. The Balaban J connectivity index is 2.25. The standard InChI is InChI=1S/C14H24N2O2/c1-3-8-16-14(13(18-2)10-15-16)11-6-4-5-7-12(17)9-11/h10-12,17H,3-9H2,1-2H3. The molecule has 18 heavy (non-hydrogen) atoms. The average molecular weight is 252 g/mol. The first-order valence-electron chi connectivity index (χ1n) is 7.04. The van der Waals surface area contributed by atoms with Crippen LogP contribution in [0.1, 0.15) is 57.1 Å². The molecule has 1 aromatic rings. The Hall–Kier alpha value is -1.03. The molecule has 102 valence electrons. The van der Waals surface area contributed by atoms with Gasteiger partial charge in [-0.3, -0.25) is 4.68 Å². The van der Waals surface area contributed by atoms with E-state index in [1.54, 1.807) is 7.11 Å². The Morgan fingerprint density at radius 1 is 1.44 bits per heavy atom. The van der Waals surface area contributed by atoms with E-state index in [1.807, 2.05) is 6.20 Å². The van der Waals surface area contributed by atoms with E-state index in [4.69, 9.17) is 4.74 Å². The second-order valence-corrected chi connectivity index (χ2v) is 5.19. The van der Waals surface area contributed by atoms with E-state index in [-0.39, 0.29) is 6.10 Å². The summed E-state index contributed by atoms with van der Waals surface area (Å²) in [5.41, 5.74) is 1.18. The molecule has 0 bridgehead atoms. The number of hydrogen-bond donors (Lipinski definition) is 1. The van der Waals surface area contributed by atoms with Crippen LogP contribution in [0.3, 0.4) is 0 Å². The zero-order valence-corrected chi connectivity index (χ0v) is 11.4. The van der Waals surface area contributed by atoms with Crippen molar-refractivity contribution in [3.8, 4) is 5.75 Å². The molecule has 1 saturated carbocycles. The third kappa shape index (κ3) is 2.86. The second kappa shape index (κ2) is 6.23. The van der Waals surface area contributed by atoms with E-state index in [1.165, 1.54) is 12.1 Å². The van der Waals surface area contributed by atoms with Crippen LogP contribution >= 0.6 is 0 Å². The molecule has 1 aromatic heterocycles. The number of nitrogens with zero attached hydrogens (tertiary/aromatic N) is 2. The topological polar surface area (TPSA) is 47.3 Å². The van der Waals surface area contributed by atoms with Gasteiger partial charge in [-0.1, -0.05) is 19.8 Å². The molecule has 4 heteroatoms. The van der Waals surface area contributed by atoms with Gasteiger partial charge in [-0.05, 0) is 25.7 Å². The second-order valence-electron chi connectivity index (χ2n) is 5.19. The van der Waals surface area contributed by atoms with Gasteiger partial charge in [0.2, 0.25) is 0 Å². The van der Waals surface area contributed by atoms with E-state index in [9.17, 15) is 5.11 Å². The summed E-state index contributed by atoms with van der Waals surface area (Å²) in [7, 11) is 1.70. The molecule has 2 unspecified atom stereocenters. The summed E-state index contributed by atoms with van der Waals surface area (Å²) in [6.45, 7) is 3.07. The highest BCUT2D eigenvalue weighted by molar-refractivity contribution is 5.29. The molecule has 4 nitrogen and oxygen atoms in total. The lowest BCUT2D eigenvalue weighted by Gasteiger charge is -2.19. The van der Waals surface area contributed by atoms with Crippen molar-refractivity contribution in [3.05, 3.63) is 11.9 Å². The van der Waals surface area contributed by atoms with E-state index in [0.717, 1.165) is 44.4 Å². The predicted molar refractivity (Wildman–Crippen MR) is 70.9 cm³/mol. The van der Waals surface area contributed by atoms with Crippen LogP contribution in [-0.2, 0) is 6.54 Å². The number of aryl methyl sites for hydroxylation is 1. The smallest absolute Gasteiger partial charge is 0.160 e. The first-order valence-corrected chi connectivity index (χ1v) is 7.04. The molecule has 0 saturated heterocycles. The molecular weight excluding hydrogens is 228 g/mol. The van der Waals surface area contributed by atoms with Crippen molar-refractivity contribution in [2.24, 2.45) is 0 Å². The fourth-order valence-corrected chi connectivity index (χ4v) is 2.92. The fourth-order valence-electron chi connectivity index (χ4n) is 2.92. The van der Waals surface area contributed by atoms with Gasteiger partial charge in [0, 0.05) is 12.5 Å². The molecule has 2 atom stereocenters. The van der Waals surface area contributed by atoms with Crippen molar-refractivity contribution in [2.75, 3.05) is 7.11 Å². The molecular formula is C14H24N2O2. The lowest BCUT2D eigenvalue weighted by molar-refractivity contribution is 0.150. The number of aliphatic hydroxyl groups excluding tert-OH is 1. The van der Waals surface area contributed by atoms with Crippen LogP contribution in [0.25, 0.3) is 0 Å². The molecule has 0 aromatic carbocycles. The number of aromatic nitrogens is 2. The molecule has 0 aliphatic heterocycles. The first-order chi connectivity index (χ1) is 8.76. The Kier molecular flexibility index (Phi) is 4.64. The molecule has 2 rings (SSSR count). The monoisotopic (exact) mass is 252 g/mol. The highest BCUT2D eigenvalue weighted by Crippen LogP contribution is 2.36. The van der Waals surface area contributed by atoms with Gasteiger partial charge in [0.05, 0.1) is 25.1 Å². The van der Waals surface area contributed by atoms with Crippen LogP contribution in [0.5, 0.6) is 5.75 Å². The van der Waals surface area contributed by atoms with Gasteiger partial charge in [0.25, 0.3) is 0 Å².